The van der Waals surface area contributed by atoms with Crippen molar-refractivity contribution < 1.29 is 9.21 Å². The Morgan fingerprint density at radius 1 is 1.35 bits per heavy atom. The van der Waals surface area contributed by atoms with Crippen LogP contribution in [0, 0.1) is 0 Å². The standard InChI is InChI=1S/C13H13NO3/c1-3-14-10-5-4-9-6-11(8(2)15)13(16)17-12(9)7-10/h4-7,14H,3H2,1-2H3. The Labute approximate surface area is 98.3 Å². The Hall–Kier alpha value is -2.10. The predicted octanol–water partition coefficient (Wildman–Crippen LogP) is 2.43. The van der Waals surface area contributed by atoms with Crippen LogP contribution < -0.4 is 10.9 Å². The fourth-order valence-electron chi connectivity index (χ4n) is 1.67. The molecule has 0 bridgehead atoms. The van der Waals surface area contributed by atoms with E-state index >= 15 is 0 Å². The molecule has 0 atom stereocenters. The molecule has 1 aromatic carbocycles. The quantitative estimate of drug-likeness (QED) is 0.651. The molecule has 17 heavy (non-hydrogen) atoms. The topological polar surface area (TPSA) is 59.3 Å². The summed E-state index contributed by atoms with van der Waals surface area (Å²) in [5, 5.41) is 3.87. The zero-order valence-corrected chi connectivity index (χ0v) is 9.74. The van der Waals surface area contributed by atoms with Crippen molar-refractivity contribution in [1.82, 2.24) is 0 Å². The van der Waals surface area contributed by atoms with Crippen LogP contribution in [0.15, 0.2) is 33.5 Å². The number of carbonyl (C=O) groups is 1. The highest BCUT2D eigenvalue weighted by molar-refractivity contribution is 5.96. The first kappa shape index (κ1) is 11.4. The highest BCUT2D eigenvalue weighted by Gasteiger charge is 2.09. The van der Waals surface area contributed by atoms with E-state index in [1.807, 2.05) is 19.1 Å². The molecule has 0 saturated heterocycles. The second-order valence-corrected chi connectivity index (χ2v) is 3.79. The zero-order chi connectivity index (χ0) is 12.4. The highest BCUT2D eigenvalue weighted by Crippen LogP contribution is 2.18. The third-order valence-electron chi connectivity index (χ3n) is 2.50. The van der Waals surface area contributed by atoms with Gasteiger partial charge in [-0.1, -0.05) is 0 Å². The minimum Gasteiger partial charge on any atom is -0.422 e. The maximum atomic E-state index is 11.5. The third kappa shape index (κ3) is 2.20. The summed E-state index contributed by atoms with van der Waals surface area (Å²) in [6, 6.07) is 7.03. The van der Waals surface area contributed by atoms with Crippen molar-refractivity contribution in [2.75, 3.05) is 11.9 Å². The van der Waals surface area contributed by atoms with Gasteiger partial charge in [-0.15, -0.1) is 0 Å². The molecule has 2 aromatic rings. The van der Waals surface area contributed by atoms with Crippen LogP contribution in [0.2, 0.25) is 0 Å². The monoisotopic (exact) mass is 231 g/mol. The predicted molar refractivity (Wildman–Crippen MR) is 66.7 cm³/mol. The lowest BCUT2D eigenvalue weighted by atomic mass is 10.1. The number of fused-ring (bicyclic) bond motifs is 1. The average Bonchev–Trinajstić information content (AvgIpc) is 2.28. The lowest BCUT2D eigenvalue weighted by Crippen LogP contribution is -2.11. The van der Waals surface area contributed by atoms with Gasteiger partial charge >= 0.3 is 5.63 Å². The number of hydrogen-bond donors (Lipinski definition) is 1. The number of nitrogens with one attached hydrogen (secondary N) is 1. The molecule has 0 unspecified atom stereocenters. The summed E-state index contributed by atoms with van der Waals surface area (Å²) in [5.41, 5.74) is 0.879. The Morgan fingerprint density at radius 2 is 2.12 bits per heavy atom. The molecule has 1 heterocycles. The fourth-order valence-corrected chi connectivity index (χ4v) is 1.67. The van der Waals surface area contributed by atoms with Gasteiger partial charge in [-0.2, -0.15) is 0 Å². The van der Waals surface area contributed by atoms with Gasteiger partial charge < -0.3 is 9.73 Å². The summed E-state index contributed by atoms with van der Waals surface area (Å²) in [6.45, 7) is 4.13. The molecule has 1 aromatic heterocycles. The van der Waals surface area contributed by atoms with Gasteiger partial charge in [-0.25, -0.2) is 4.79 Å². The molecule has 4 nitrogen and oxygen atoms in total. The van der Waals surface area contributed by atoms with E-state index in [1.54, 1.807) is 12.1 Å². The van der Waals surface area contributed by atoms with E-state index in [2.05, 4.69) is 5.32 Å². The minimum atomic E-state index is -0.585. The maximum Gasteiger partial charge on any atom is 0.347 e. The van der Waals surface area contributed by atoms with Gasteiger partial charge in [0, 0.05) is 23.7 Å². The highest BCUT2D eigenvalue weighted by atomic mass is 16.4. The number of hydrogen-bond acceptors (Lipinski definition) is 4. The molecule has 0 aliphatic heterocycles. The van der Waals surface area contributed by atoms with Crippen molar-refractivity contribution in [3.63, 3.8) is 0 Å². The smallest absolute Gasteiger partial charge is 0.347 e. The molecule has 0 radical (unpaired) electrons. The minimum absolute atomic E-state index is 0.0914. The van der Waals surface area contributed by atoms with Crippen LogP contribution in [0.3, 0.4) is 0 Å². The Balaban J connectivity index is 2.62. The number of ketones is 1. The van der Waals surface area contributed by atoms with Crippen LogP contribution in [0.5, 0.6) is 0 Å². The van der Waals surface area contributed by atoms with E-state index in [-0.39, 0.29) is 11.3 Å². The van der Waals surface area contributed by atoms with Gasteiger partial charge in [-0.3, -0.25) is 4.79 Å². The summed E-state index contributed by atoms with van der Waals surface area (Å²) in [6.07, 6.45) is 0. The zero-order valence-electron chi connectivity index (χ0n) is 9.74. The number of Topliss-reactive ketones (excluding diaryl/α,β-unsaturated/α-hetero) is 1. The molecule has 0 amide bonds. The second-order valence-electron chi connectivity index (χ2n) is 3.79. The summed E-state index contributed by atoms with van der Waals surface area (Å²) in [4.78, 5) is 22.7. The summed E-state index contributed by atoms with van der Waals surface area (Å²) in [5.74, 6) is -0.281. The van der Waals surface area contributed by atoms with E-state index in [4.69, 9.17) is 4.42 Å². The van der Waals surface area contributed by atoms with E-state index < -0.39 is 5.63 Å². The molecule has 0 aliphatic carbocycles. The number of benzene rings is 1. The van der Waals surface area contributed by atoms with Crippen LogP contribution in [0.4, 0.5) is 5.69 Å². The van der Waals surface area contributed by atoms with Crippen molar-refractivity contribution in [2.45, 2.75) is 13.8 Å². The van der Waals surface area contributed by atoms with Crippen molar-refractivity contribution in [1.29, 1.82) is 0 Å². The third-order valence-corrected chi connectivity index (χ3v) is 2.50. The van der Waals surface area contributed by atoms with E-state index in [1.165, 1.54) is 6.92 Å². The van der Waals surface area contributed by atoms with Gasteiger partial charge in [-0.05, 0) is 32.0 Å². The second kappa shape index (κ2) is 4.41. The molecule has 88 valence electrons. The summed E-state index contributed by atoms with van der Waals surface area (Å²) < 4.78 is 5.12. The van der Waals surface area contributed by atoms with Crippen molar-refractivity contribution >= 4 is 22.4 Å². The van der Waals surface area contributed by atoms with Gasteiger partial charge in [0.2, 0.25) is 0 Å². The first-order valence-corrected chi connectivity index (χ1v) is 5.44. The molecule has 2 rings (SSSR count). The molecule has 4 heteroatoms. The molecular weight excluding hydrogens is 218 g/mol. The van der Waals surface area contributed by atoms with Crippen molar-refractivity contribution in [3.8, 4) is 0 Å². The first-order chi connectivity index (χ1) is 8.11. The normalized spacial score (nSPS) is 10.5. The molecule has 0 spiro atoms. The fraction of sp³-hybridized carbons (Fsp3) is 0.231. The molecule has 1 N–H and O–H groups in total. The van der Waals surface area contributed by atoms with Crippen LogP contribution in [0.25, 0.3) is 11.0 Å². The maximum absolute atomic E-state index is 11.5. The lowest BCUT2D eigenvalue weighted by molar-refractivity contribution is 0.101. The average molecular weight is 231 g/mol. The van der Waals surface area contributed by atoms with E-state index in [0.29, 0.717) is 5.58 Å². The van der Waals surface area contributed by atoms with Crippen LogP contribution in [0.1, 0.15) is 24.2 Å². The lowest BCUT2D eigenvalue weighted by Gasteiger charge is -2.04. The molecule has 0 aliphatic rings. The van der Waals surface area contributed by atoms with Crippen LogP contribution in [-0.4, -0.2) is 12.3 Å². The number of rotatable bonds is 3. The first-order valence-electron chi connectivity index (χ1n) is 5.44. The van der Waals surface area contributed by atoms with Gasteiger partial charge in [0.1, 0.15) is 11.1 Å². The Morgan fingerprint density at radius 3 is 2.76 bits per heavy atom. The molecule has 0 saturated carbocycles. The van der Waals surface area contributed by atoms with Gasteiger partial charge in [0.15, 0.2) is 5.78 Å². The number of carbonyl (C=O) groups excluding carboxylic acids is 1. The summed E-state index contributed by atoms with van der Waals surface area (Å²) >= 11 is 0. The largest absolute Gasteiger partial charge is 0.422 e. The SMILES string of the molecule is CCNc1ccc2cc(C(C)=O)c(=O)oc2c1. The van der Waals surface area contributed by atoms with Crippen molar-refractivity contribution in [2.24, 2.45) is 0 Å². The van der Waals surface area contributed by atoms with E-state index in [0.717, 1.165) is 17.6 Å². The van der Waals surface area contributed by atoms with Gasteiger partial charge in [0.25, 0.3) is 0 Å². The molecule has 0 fully saturated rings. The van der Waals surface area contributed by atoms with Crippen molar-refractivity contribution in [3.05, 3.63) is 40.2 Å². The van der Waals surface area contributed by atoms with Crippen LogP contribution in [-0.2, 0) is 0 Å². The number of anilines is 1. The molecular formula is C13H13NO3. The van der Waals surface area contributed by atoms with Gasteiger partial charge in [0.05, 0.1) is 0 Å². The Bertz CT molecular complexity index is 628. The Kier molecular flexibility index (Phi) is 2.95. The van der Waals surface area contributed by atoms with Crippen LogP contribution >= 0.6 is 0 Å². The van der Waals surface area contributed by atoms with E-state index in [9.17, 15) is 9.59 Å². The summed E-state index contributed by atoms with van der Waals surface area (Å²) in [7, 11) is 0.